The second-order valence-corrected chi connectivity index (χ2v) is 5.79. The minimum absolute atomic E-state index is 0.154. The van der Waals surface area contributed by atoms with Crippen molar-refractivity contribution in [3.8, 4) is 11.5 Å². The summed E-state index contributed by atoms with van der Waals surface area (Å²) < 4.78 is 10.6. The van der Waals surface area contributed by atoms with Gasteiger partial charge in [0.05, 0.1) is 19.0 Å². The summed E-state index contributed by atoms with van der Waals surface area (Å²) in [5.74, 6) is 0.583. The molecule has 0 saturated carbocycles. The molecule has 1 aromatic heterocycles. The Morgan fingerprint density at radius 1 is 0.929 bits per heavy atom. The van der Waals surface area contributed by atoms with Crippen LogP contribution in [-0.2, 0) is 4.79 Å². The SMILES string of the molecule is COc1cccc(NC(=O)COc2ccc(C(=O)Nc3cccnc3)cc2)c1. The maximum Gasteiger partial charge on any atom is 0.262 e. The molecule has 28 heavy (non-hydrogen) atoms. The zero-order valence-corrected chi connectivity index (χ0v) is 15.2. The molecule has 0 atom stereocenters. The van der Waals surface area contributed by atoms with Crippen molar-refractivity contribution in [3.63, 3.8) is 0 Å². The number of benzene rings is 2. The molecule has 0 spiro atoms. The van der Waals surface area contributed by atoms with E-state index in [9.17, 15) is 9.59 Å². The van der Waals surface area contributed by atoms with Crippen molar-refractivity contribution in [1.82, 2.24) is 4.98 Å². The van der Waals surface area contributed by atoms with E-state index >= 15 is 0 Å². The second kappa shape index (κ2) is 9.18. The standard InChI is InChI=1S/C21H19N3O4/c1-27-19-6-2-4-16(12-19)23-20(25)14-28-18-9-7-15(8-10-18)21(26)24-17-5-3-11-22-13-17/h2-13H,14H2,1H3,(H,23,25)(H,24,26). The van der Waals surface area contributed by atoms with E-state index in [4.69, 9.17) is 9.47 Å². The Kier molecular flexibility index (Phi) is 6.20. The van der Waals surface area contributed by atoms with Gasteiger partial charge in [-0.3, -0.25) is 14.6 Å². The molecule has 142 valence electrons. The van der Waals surface area contributed by atoms with Crippen LogP contribution in [0.1, 0.15) is 10.4 Å². The van der Waals surface area contributed by atoms with E-state index < -0.39 is 0 Å². The summed E-state index contributed by atoms with van der Waals surface area (Å²) in [5, 5.41) is 5.48. The maximum absolute atomic E-state index is 12.2. The van der Waals surface area contributed by atoms with Crippen LogP contribution in [-0.4, -0.2) is 30.5 Å². The lowest BCUT2D eigenvalue weighted by Gasteiger charge is -2.09. The quantitative estimate of drug-likeness (QED) is 0.659. The van der Waals surface area contributed by atoms with E-state index in [0.29, 0.717) is 28.4 Å². The minimum Gasteiger partial charge on any atom is -0.497 e. The largest absolute Gasteiger partial charge is 0.497 e. The Hall–Kier alpha value is -3.87. The van der Waals surface area contributed by atoms with Crippen LogP contribution < -0.4 is 20.1 Å². The van der Waals surface area contributed by atoms with Gasteiger partial charge in [-0.05, 0) is 48.5 Å². The molecule has 0 fully saturated rings. The zero-order chi connectivity index (χ0) is 19.8. The Bertz CT molecular complexity index is 943. The first kappa shape index (κ1) is 18.9. The molecule has 0 aliphatic carbocycles. The number of nitrogens with one attached hydrogen (secondary N) is 2. The van der Waals surface area contributed by atoms with E-state index in [-0.39, 0.29) is 18.4 Å². The van der Waals surface area contributed by atoms with E-state index in [1.54, 1.807) is 80.2 Å². The van der Waals surface area contributed by atoms with Crippen LogP contribution in [0, 0.1) is 0 Å². The van der Waals surface area contributed by atoms with Gasteiger partial charge in [0, 0.05) is 23.5 Å². The van der Waals surface area contributed by atoms with Gasteiger partial charge in [0.1, 0.15) is 11.5 Å². The lowest BCUT2D eigenvalue weighted by atomic mass is 10.2. The highest BCUT2D eigenvalue weighted by Crippen LogP contribution is 2.17. The van der Waals surface area contributed by atoms with Gasteiger partial charge in [0.25, 0.3) is 11.8 Å². The van der Waals surface area contributed by atoms with E-state index in [1.807, 2.05) is 0 Å². The monoisotopic (exact) mass is 377 g/mol. The van der Waals surface area contributed by atoms with Gasteiger partial charge >= 0.3 is 0 Å². The van der Waals surface area contributed by atoms with Gasteiger partial charge < -0.3 is 20.1 Å². The lowest BCUT2D eigenvalue weighted by Crippen LogP contribution is -2.20. The topological polar surface area (TPSA) is 89.5 Å². The predicted octanol–water partition coefficient (Wildman–Crippen LogP) is 3.36. The normalized spacial score (nSPS) is 10.0. The fourth-order valence-corrected chi connectivity index (χ4v) is 2.39. The van der Waals surface area contributed by atoms with Crippen molar-refractivity contribution in [1.29, 1.82) is 0 Å². The molecule has 1 heterocycles. The molecule has 3 aromatic rings. The Morgan fingerprint density at radius 3 is 2.43 bits per heavy atom. The van der Waals surface area contributed by atoms with Crippen LogP contribution in [0.2, 0.25) is 0 Å². The number of anilines is 2. The van der Waals surface area contributed by atoms with Gasteiger partial charge in [-0.2, -0.15) is 0 Å². The zero-order valence-electron chi connectivity index (χ0n) is 15.2. The van der Waals surface area contributed by atoms with Crippen molar-refractivity contribution in [3.05, 3.63) is 78.6 Å². The summed E-state index contributed by atoms with van der Waals surface area (Å²) >= 11 is 0. The molecule has 0 aliphatic rings. The molecule has 2 N–H and O–H groups in total. The average Bonchev–Trinajstić information content (AvgIpc) is 2.73. The first-order chi connectivity index (χ1) is 13.6. The van der Waals surface area contributed by atoms with Gasteiger partial charge in [-0.15, -0.1) is 0 Å². The van der Waals surface area contributed by atoms with Crippen molar-refractivity contribution in [2.75, 3.05) is 24.4 Å². The van der Waals surface area contributed by atoms with Crippen molar-refractivity contribution < 1.29 is 19.1 Å². The number of ether oxygens (including phenoxy) is 2. The number of amides is 2. The highest BCUT2D eigenvalue weighted by atomic mass is 16.5. The first-order valence-corrected chi connectivity index (χ1v) is 8.52. The average molecular weight is 377 g/mol. The molecule has 7 nitrogen and oxygen atoms in total. The maximum atomic E-state index is 12.2. The summed E-state index contributed by atoms with van der Waals surface area (Å²) in [6.07, 6.45) is 3.20. The number of pyridine rings is 1. The van der Waals surface area contributed by atoms with E-state index in [0.717, 1.165) is 0 Å². The molecule has 7 heteroatoms. The van der Waals surface area contributed by atoms with Crippen molar-refractivity contribution in [2.45, 2.75) is 0 Å². The molecule has 0 radical (unpaired) electrons. The highest BCUT2D eigenvalue weighted by Gasteiger charge is 2.08. The summed E-state index contributed by atoms with van der Waals surface area (Å²) in [7, 11) is 1.56. The lowest BCUT2D eigenvalue weighted by molar-refractivity contribution is -0.118. The smallest absolute Gasteiger partial charge is 0.262 e. The molecule has 2 aromatic carbocycles. The number of rotatable bonds is 7. The summed E-state index contributed by atoms with van der Waals surface area (Å²) in [5.41, 5.74) is 1.70. The molecule has 0 aliphatic heterocycles. The fraction of sp³-hybridized carbons (Fsp3) is 0.0952. The van der Waals surface area contributed by atoms with Crippen molar-refractivity contribution >= 4 is 23.2 Å². The van der Waals surface area contributed by atoms with Gasteiger partial charge in [-0.1, -0.05) is 6.07 Å². The number of hydrogen-bond acceptors (Lipinski definition) is 5. The van der Waals surface area contributed by atoms with Gasteiger partial charge in [0.2, 0.25) is 0 Å². The fourth-order valence-electron chi connectivity index (χ4n) is 2.39. The predicted molar refractivity (Wildman–Crippen MR) is 106 cm³/mol. The van der Waals surface area contributed by atoms with Crippen LogP contribution in [0.5, 0.6) is 11.5 Å². The third-order valence-electron chi connectivity index (χ3n) is 3.76. The third-order valence-corrected chi connectivity index (χ3v) is 3.76. The van der Waals surface area contributed by atoms with Gasteiger partial charge in [-0.25, -0.2) is 0 Å². The van der Waals surface area contributed by atoms with Crippen LogP contribution in [0.15, 0.2) is 73.1 Å². The number of methoxy groups -OCH3 is 1. The summed E-state index contributed by atoms with van der Waals surface area (Å²) in [6, 6.07) is 17.1. The van der Waals surface area contributed by atoms with E-state index in [1.165, 1.54) is 0 Å². The minimum atomic E-state index is -0.299. The Labute approximate surface area is 162 Å². The third kappa shape index (κ3) is 5.31. The molecule has 0 unspecified atom stereocenters. The van der Waals surface area contributed by atoms with Crippen LogP contribution in [0.4, 0.5) is 11.4 Å². The van der Waals surface area contributed by atoms with E-state index in [2.05, 4.69) is 15.6 Å². The number of hydrogen-bond donors (Lipinski definition) is 2. The van der Waals surface area contributed by atoms with Crippen LogP contribution in [0.25, 0.3) is 0 Å². The van der Waals surface area contributed by atoms with Crippen molar-refractivity contribution in [2.24, 2.45) is 0 Å². The molecule has 2 amide bonds. The Morgan fingerprint density at radius 2 is 1.71 bits per heavy atom. The first-order valence-electron chi connectivity index (χ1n) is 8.52. The number of carbonyl (C=O) groups is 2. The molecule has 0 saturated heterocycles. The molecule has 3 rings (SSSR count). The molecular weight excluding hydrogens is 358 g/mol. The number of aromatic nitrogens is 1. The van der Waals surface area contributed by atoms with Crippen LogP contribution in [0.3, 0.4) is 0 Å². The molecule has 0 bridgehead atoms. The van der Waals surface area contributed by atoms with Crippen LogP contribution >= 0.6 is 0 Å². The Balaban J connectivity index is 1.51. The number of nitrogens with zero attached hydrogens (tertiary/aromatic N) is 1. The highest BCUT2D eigenvalue weighted by molar-refractivity contribution is 6.04. The summed E-state index contributed by atoms with van der Waals surface area (Å²) in [4.78, 5) is 28.2. The number of carbonyl (C=O) groups excluding carboxylic acids is 2. The van der Waals surface area contributed by atoms with Gasteiger partial charge in [0.15, 0.2) is 6.61 Å². The molecular formula is C21H19N3O4. The second-order valence-electron chi connectivity index (χ2n) is 5.79. The summed E-state index contributed by atoms with van der Waals surface area (Å²) in [6.45, 7) is -0.154.